The molecule has 0 aromatic heterocycles. The molecule has 0 spiro atoms. The van der Waals surface area contributed by atoms with Crippen LogP contribution < -0.4 is 15.4 Å². The predicted octanol–water partition coefficient (Wildman–Crippen LogP) is 3.67. The first-order valence-corrected chi connectivity index (χ1v) is 11.6. The summed E-state index contributed by atoms with van der Waals surface area (Å²) in [5.74, 6) is 1.81. The highest BCUT2D eigenvalue weighted by Crippen LogP contribution is 2.43. The molecule has 1 fully saturated rings. The van der Waals surface area contributed by atoms with Crippen LogP contribution in [0.4, 0.5) is 0 Å². The Morgan fingerprint density at radius 1 is 1.07 bits per heavy atom. The highest BCUT2D eigenvalue weighted by atomic mass is 16.5. The van der Waals surface area contributed by atoms with E-state index in [2.05, 4.69) is 48.4 Å². The van der Waals surface area contributed by atoms with Crippen LogP contribution in [0.25, 0.3) is 0 Å². The van der Waals surface area contributed by atoms with Gasteiger partial charge in [-0.15, -0.1) is 0 Å². The van der Waals surface area contributed by atoms with E-state index in [1.165, 1.54) is 24.8 Å². The first-order valence-electron chi connectivity index (χ1n) is 11.6. The number of likely N-dealkylation sites (N-methyl/N-ethyl adjacent to an activating group) is 1. The number of benzene rings is 1. The molecule has 170 valence electrons. The van der Waals surface area contributed by atoms with Gasteiger partial charge in [-0.1, -0.05) is 32.4 Å². The number of methoxy groups -OCH3 is 1. The maximum atomic E-state index is 5.87. The molecular formula is C24H42N4O2. The standard InChI is InChI=1S/C24H42N4O2/c1-5-25-23(27-20-24(13-8-14-24)15-17-29-4)26-19-21-9-11-22(12-10-21)30-18-16-28(6-2)7-3/h9-12H,5-8,13-20H2,1-4H3,(H2,25,26,27). The van der Waals surface area contributed by atoms with Crippen LogP contribution in [0.5, 0.6) is 5.75 Å². The van der Waals surface area contributed by atoms with Gasteiger partial charge in [-0.25, -0.2) is 4.99 Å². The number of aliphatic imine (C=N–C) groups is 1. The number of nitrogens with one attached hydrogen (secondary N) is 2. The van der Waals surface area contributed by atoms with Gasteiger partial charge >= 0.3 is 0 Å². The molecule has 0 unspecified atom stereocenters. The van der Waals surface area contributed by atoms with Crippen molar-refractivity contribution in [2.75, 3.05) is 53.0 Å². The summed E-state index contributed by atoms with van der Waals surface area (Å²) in [6, 6.07) is 8.29. The Hall–Kier alpha value is -1.79. The molecule has 6 nitrogen and oxygen atoms in total. The van der Waals surface area contributed by atoms with E-state index in [4.69, 9.17) is 14.5 Å². The summed E-state index contributed by atoms with van der Waals surface area (Å²) in [5.41, 5.74) is 1.55. The van der Waals surface area contributed by atoms with Gasteiger partial charge in [-0.2, -0.15) is 0 Å². The molecule has 0 amide bonds. The van der Waals surface area contributed by atoms with Crippen LogP contribution in [0.3, 0.4) is 0 Å². The molecule has 1 saturated carbocycles. The highest BCUT2D eigenvalue weighted by molar-refractivity contribution is 5.79. The molecule has 6 heteroatoms. The molecule has 0 aliphatic heterocycles. The highest BCUT2D eigenvalue weighted by Gasteiger charge is 2.36. The third kappa shape index (κ3) is 8.15. The smallest absolute Gasteiger partial charge is 0.191 e. The Morgan fingerprint density at radius 2 is 1.80 bits per heavy atom. The summed E-state index contributed by atoms with van der Waals surface area (Å²) >= 11 is 0. The van der Waals surface area contributed by atoms with Crippen LogP contribution in [-0.4, -0.2) is 63.9 Å². The summed E-state index contributed by atoms with van der Waals surface area (Å²) in [6.45, 7) is 13.6. The molecule has 2 N–H and O–H groups in total. The van der Waals surface area contributed by atoms with E-state index >= 15 is 0 Å². The fourth-order valence-corrected chi connectivity index (χ4v) is 3.82. The SMILES string of the molecule is CCNC(=NCc1ccc(OCCN(CC)CC)cc1)NCC1(CCOC)CCC1. The third-order valence-corrected chi connectivity index (χ3v) is 6.14. The van der Waals surface area contributed by atoms with Crippen LogP contribution >= 0.6 is 0 Å². The Balaban J connectivity index is 1.82. The lowest BCUT2D eigenvalue weighted by molar-refractivity contribution is 0.0732. The second-order valence-electron chi connectivity index (χ2n) is 8.16. The zero-order valence-electron chi connectivity index (χ0n) is 19.5. The van der Waals surface area contributed by atoms with Crippen LogP contribution in [0.1, 0.15) is 52.0 Å². The van der Waals surface area contributed by atoms with Gasteiger partial charge < -0.3 is 25.0 Å². The maximum absolute atomic E-state index is 5.87. The normalized spacial score (nSPS) is 15.7. The Labute approximate surface area is 183 Å². The fourth-order valence-electron chi connectivity index (χ4n) is 3.82. The van der Waals surface area contributed by atoms with E-state index in [1.54, 1.807) is 7.11 Å². The average Bonchev–Trinajstić information content (AvgIpc) is 2.75. The predicted molar refractivity (Wildman–Crippen MR) is 125 cm³/mol. The number of rotatable bonds is 14. The summed E-state index contributed by atoms with van der Waals surface area (Å²) in [5, 5.41) is 6.93. The third-order valence-electron chi connectivity index (χ3n) is 6.14. The van der Waals surface area contributed by atoms with Gasteiger partial charge in [0, 0.05) is 33.4 Å². The molecule has 1 aliphatic carbocycles. The van der Waals surface area contributed by atoms with Crippen LogP contribution in [0.15, 0.2) is 29.3 Å². The van der Waals surface area contributed by atoms with Crippen molar-refractivity contribution in [3.8, 4) is 5.75 Å². The number of hydrogen-bond donors (Lipinski definition) is 2. The van der Waals surface area contributed by atoms with E-state index in [-0.39, 0.29) is 0 Å². The van der Waals surface area contributed by atoms with Gasteiger partial charge in [-0.3, -0.25) is 0 Å². The molecule has 2 rings (SSSR count). The van der Waals surface area contributed by atoms with Gasteiger partial charge in [-0.05, 0) is 62.4 Å². The van der Waals surface area contributed by atoms with Crippen LogP contribution in [0.2, 0.25) is 0 Å². The Bertz CT molecular complexity index is 610. The number of ether oxygens (including phenoxy) is 2. The second-order valence-corrected chi connectivity index (χ2v) is 8.16. The van der Waals surface area contributed by atoms with Crippen molar-refractivity contribution in [1.82, 2.24) is 15.5 Å². The zero-order valence-corrected chi connectivity index (χ0v) is 19.5. The average molecular weight is 419 g/mol. The monoisotopic (exact) mass is 418 g/mol. The topological polar surface area (TPSA) is 58.1 Å². The molecule has 0 bridgehead atoms. The number of nitrogens with zero attached hydrogens (tertiary/aromatic N) is 2. The van der Waals surface area contributed by atoms with Gasteiger partial charge in [0.1, 0.15) is 12.4 Å². The van der Waals surface area contributed by atoms with Crippen molar-refractivity contribution < 1.29 is 9.47 Å². The second kappa shape index (κ2) is 13.5. The molecule has 30 heavy (non-hydrogen) atoms. The quantitative estimate of drug-likeness (QED) is 0.357. The molecule has 0 saturated heterocycles. The molecular weight excluding hydrogens is 376 g/mol. The van der Waals surface area contributed by atoms with Gasteiger partial charge in [0.15, 0.2) is 5.96 Å². The molecule has 1 aromatic carbocycles. The lowest BCUT2D eigenvalue weighted by atomic mass is 9.67. The molecule has 1 aromatic rings. The van der Waals surface area contributed by atoms with E-state index in [1.807, 2.05) is 12.1 Å². The van der Waals surface area contributed by atoms with Gasteiger partial charge in [0.25, 0.3) is 0 Å². The lowest BCUT2D eigenvalue weighted by Gasteiger charge is -2.42. The van der Waals surface area contributed by atoms with E-state index in [9.17, 15) is 0 Å². The summed E-state index contributed by atoms with van der Waals surface area (Å²) in [4.78, 5) is 7.14. The van der Waals surface area contributed by atoms with E-state index in [0.717, 1.165) is 64.1 Å². The summed E-state index contributed by atoms with van der Waals surface area (Å²) < 4.78 is 11.2. The van der Waals surface area contributed by atoms with E-state index < -0.39 is 0 Å². The summed E-state index contributed by atoms with van der Waals surface area (Å²) in [6.07, 6.45) is 4.99. The molecule has 1 aliphatic rings. The van der Waals surface area contributed by atoms with Crippen molar-refractivity contribution in [3.63, 3.8) is 0 Å². The van der Waals surface area contributed by atoms with Crippen molar-refractivity contribution in [3.05, 3.63) is 29.8 Å². The van der Waals surface area contributed by atoms with Crippen molar-refractivity contribution in [1.29, 1.82) is 0 Å². The van der Waals surface area contributed by atoms with Crippen molar-refractivity contribution >= 4 is 5.96 Å². The minimum Gasteiger partial charge on any atom is -0.492 e. The molecule has 0 heterocycles. The summed E-state index contributed by atoms with van der Waals surface area (Å²) in [7, 11) is 1.78. The number of guanidine groups is 1. The first kappa shape index (κ1) is 24.5. The van der Waals surface area contributed by atoms with Crippen LogP contribution in [-0.2, 0) is 11.3 Å². The van der Waals surface area contributed by atoms with Gasteiger partial charge in [0.05, 0.1) is 6.54 Å². The maximum Gasteiger partial charge on any atom is 0.191 e. The van der Waals surface area contributed by atoms with E-state index in [0.29, 0.717) is 12.0 Å². The molecule has 0 atom stereocenters. The van der Waals surface area contributed by atoms with Crippen molar-refractivity contribution in [2.45, 2.75) is 53.0 Å². The fraction of sp³-hybridized carbons (Fsp3) is 0.708. The largest absolute Gasteiger partial charge is 0.492 e. The minimum absolute atomic E-state index is 0.371. The lowest BCUT2D eigenvalue weighted by Crippen LogP contribution is -2.46. The van der Waals surface area contributed by atoms with Gasteiger partial charge in [0.2, 0.25) is 0 Å². The molecule has 0 radical (unpaired) electrons. The first-order chi connectivity index (χ1) is 14.6. The van der Waals surface area contributed by atoms with Crippen molar-refractivity contribution in [2.24, 2.45) is 10.4 Å². The Morgan fingerprint density at radius 3 is 2.37 bits per heavy atom. The van der Waals surface area contributed by atoms with Crippen LogP contribution in [0, 0.1) is 5.41 Å². The minimum atomic E-state index is 0.371. The number of hydrogen-bond acceptors (Lipinski definition) is 4. The zero-order chi connectivity index (χ0) is 21.7. The Kier molecular flexibility index (Phi) is 11.0.